The minimum atomic E-state index is -0.473. The monoisotopic (exact) mass is 592 g/mol. The van der Waals surface area contributed by atoms with Crippen LogP contribution in [-0.2, 0) is 16.0 Å². The van der Waals surface area contributed by atoms with Crippen LogP contribution in [-0.4, -0.2) is 85.0 Å². The standard InChI is InChI=1S/C33H44N4O4S/c1-33(2,3)41-32(39)36-18-15-34(16-19-36)14-17-35-20-21-37-26-22-27(31(38)40-4)42-30(26)28(23-10-6-5-7-11-23)29(37)24-12-8-9-13-25(24)35/h8-9,12-13,22-23H,5-7,10-11,14-21H2,1-4H3. The van der Waals surface area contributed by atoms with Gasteiger partial charge in [-0.15, -0.1) is 11.3 Å². The number of hydrogen-bond donors (Lipinski definition) is 0. The third-order valence-electron chi connectivity index (χ3n) is 8.98. The van der Waals surface area contributed by atoms with Crippen molar-refractivity contribution in [3.05, 3.63) is 40.8 Å². The molecule has 1 aliphatic carbocycles. The molecular weight excluding hydrogens is 548 g/mol. The molecule has 6 rings (SSSR count). The molecule has 2 aliphatic heterocycles. The SMILES string of the molecule is COC(=O)c1cc2c(s1)c(C1CCCCC1)c1n2CCN(CCN2CCN(C(=O)OC(C)(C)C)CC2)c2ccccc2-1. The molecular formula is C33H44N4O4S. The number of nitrogens with zero attached hydrogens (tertiary/aromatic N) is 4. The number of amides is 1. The van der Waals surface area contributed by atoms with Gasteiger partial charge in [-0.1, -0.05) is 37.5 Å². The Balaban J connectivity index is 1.25. The Bertz CT molecular complexity index is 1440. The first-order valence-electron chi connectivity index (χ1n) is 15.5. The van der Waals surface area contributed by atoms with Crippen LogP contribution in [0.15, 0.2) is 30.3 Å². The molecule has 0 unspecified atom stereocenters. The molecule has 1 amide bonds. The van der Waals surface area contributed by atoms with Crippen LogP contribution in [0.1, 0.15) is 74.0 Å². The number of thiophene rings is 1. The summed E-state index contributed by atoms with van der Waals surface area (Å²) in [6, 6.07) is 10.9. The van der Waals surface area contributed by atoms with Crippen molar-refractivity contribution in [3.63, 3.8) is 0 Å². The van der Waals surface area contributed by atoms with E-state index in [9.17, 15) is 9.59 Å². The number of hydrogen-bond acceptors (Lipinski definition) is 7. The van der Waals surface area contributed by atoms with Crippen LogP contribution in [0.3, 0.4) is 0 Å². The van der Waals surface area contributed by atoms with Crippen LogP contribution in [0, 0.1) is 0 Å². The molecule has 1 saturated carbocycles. The van der Waals surface area contributed by atoms with E-state index in [0.717, 1.165) is 39.3 Å². The van der Waals surface area contributed by atoms with Gasteiger partial charge >= 0.3 is 12.1 Å². The van der Waals surface area contributed by atoms with Crippen molar-refractivity contribution in [2.24, 2.45) is 0 Å². The number of fused-ring (bicyclic) bond motifs is 5. The molecule has 1 saturated heterocycles. The minimum absolute atomic E-state index is 0.214. The van der Waals surface area contributed by atoms with Crippen LogP contribution in [0.25, 0.3) is 21.5 Å². The zero-order valence-electron chi connectivity index (χ0n) is 25.5. The van der Waals surface area contributed by atoms with E-state index in [2.05, 4.69) is 44.7 Å². The lowest BCUT2D eigenvalue weighted by Crippen LogP contribution is -2.51. The fourth-order valence-corrected chi connectivity index (χ4v) is 8.11. The van der Waals surface area contributed by atoms with Gasteiger partial charge in [0.15, 0.2) is 0 Å². The average molecular weight is 593 g/mol. The number of para-hydroxylation sites is 1. The second kappa shape index (κ2) is 11.9. The summed E-state index contributed by atoms with van der Waals surface area (Å²) in [5.74, 6) is 0.269. The second-order valence-corrected chi connectivity index (χ2v) is 13.9. The predicted octanol–water partition coefficient (Wildman–Crippen LogP) is 6.58. The molecule has 3 aromatic rings. The molecule has 0 radical (unpaired) electrons. The first kappa shape index (κ1) is 29.1. The molecule has 1 aromatic carbocycles. The van der Waals surface area contributed by atoms with E-state index in [1.54, 1.807) is 11.3 Å². The van der Waals surface area contributed by atoms with Gasteiger partial charge in [-0.2, -0.15) is 0 Å². The van der Waals surface area contributed by atoms with Crippen molar-refractivity contribution < 1.29 is 19.1 Å². The van der Waals surface area contributed by atoms with Crippen molar-refractivity contribution in [2.75, 3.05) is 57.8 Å². The smallest absolute Gasteiger partial charge is 0.410 e. The summed E-state index contributed by atoms with van der Waals surface area (Å²) < 4.78 is 14.4. The summed E-state index contributed by atoms with van der Waals surface area (Å²) in [5.41, 5.74) is 6.08. The number of carbonyl (C=O) groups excluding carboxylic acids is 2. The third-order valence-corrected chi connectivity index (χ3v) is 10.1. The fraction of sp³-hybridized carbons (Fsp3) is 0.576. The predicted molar refractivity (Wildman–Crippen MR) is 169 cm³/mol. The molecule has 2 fully saturated rings. The molecule has 9 heteroatoms. The lowest BCUT2D eigenvalue weighted by molar-refractivity contribution is 0.0147. The third kappa shape index (κ3) is 5.78. The molecule has 0 atom stereocenters. The van der Waals surface area contributed by atoms with Crippen molar-refractivity contribution in [1.82, 2.24) is 14.4 Å². The van der Waals surface area contributed by atoms with Crippen molar-refractivity contribution >= 4 is 39.3 Å². The van der Waals surface area contributed by atoms with Gasteiger partial charge in [-0.25, -0.2) is 9.59 Å². The summed E-state index contributed by atoms with van der Waals surface area (Å²) in [5, 5.41) is 0. The number of esters is 1. The van der Waals surface area contributed by atoms with Gasteiger partial charge < -0.3 is 23.8 Å². The fourth-order valence-electron chi connectivity index (χ4n) is 6.91. The summed E-state index contributed by atoms with van der Waals surface area (Å²) >= 11 is 1.61. The Hall–Kier alpha value is -3.04. The Labute approximate surface area is 253 Å². The van der Waals surface area contributed by atoms with Gasteiger partial charge in [0.25, 0.3) is 0 Å². The number of methoxy groups -OCH3 is 1. The van der Waals surface area contributed by atoms with Crippen LogP contribution < -0.4 is 4.90 Å². The first-order chi connectivity index (χ1) is 20.2. The highest BCUT2D eigenvalue weighted by Crippen LogP contribution is 2.49. The van der Waals surface area contributed by atoms with Gasteiger partial charge in [-0.05, 0) is 57.2 Å². The Morgan fingerprint density at radius 1 is 0.952 bits per heavy atom. The molecule has 0 N–H and O–H groups in total. The summed E-state index contributed by atoms with van der Waals surface area (Å²) in [6.45, 7) is 12.5. The average Bonchev–Trinajstić information content (AvgIpc) is 3.49. The van der Waals surface area contributed by atoms with E-state index >= 15 is 0 Å². The molecule has 4 heterocycles. The van der Waals surface area contributed by atoms with E-state index < -0.39 is 5.60 Å². The number of anilines is 1. The first-order valence-corrected chi connectivity index (χ1v) is 16.3. The zero-order chi connectivity index (χ0) is 29.4. The van der Waals surface area contributed by atoms with Gasteiger partial charge in [-0.3, -0.25) is 4.90 Å². The molecule has 0 spiro atoms. The van der Waals surface area contributed by atoms with E-state index in [4.69, 9.17) is 9.47 Å². The molecule has 8 nitrogen and oxygen atoms in total. The number of benzene rings is 1. The van der Waals surface area contributed by atoms with E-state index in [0.29, 0.717) is 23.9 Å². The van der Waals surface area contributed by atoms with Crippen LogP contribution in [0.4, 0.5) is 10.5 Å². The lowest BCUT2D eigenvalue weighted by Gasteiger charge is -2.36. The maximum Gasteiger partial charge on any atom is 0.410 e. The van der Waals surface area contributed by atoms with Gasteiger partial charge in [0, 0.05) is 63.6 Å². The van der Waals surface area contributed by atoms with Crippen LogP contribution >= 0.6 is 11.3 Å². The highest BCUT2D eigenvalue weighted by atomic mass is 32.1. The minimum Gasteiger partial charge on any atom is -0.465 e. The second-order valence-electron chi connectivity index (χ2n) is 12.9. The largest absolute Gasteiger partial charge is 0.465 e. The Morgan fingerprint density at radius 3 is 2.40 bits per heavy atom. The van der Waals surface area contributed by atoms with Crippen LogP contribution in [0.2, 0.25) is 0 Å². The van der Waals surface area contributed by atoms with Gasteiger partial charge in [0.05, 0.1) is 23.0 Å². The molecule has 3 aliphatic rings. The number of carbonyl (C=O) groups is 2. The van der Waals surface area contributed by atoms with Crippen molar-refractivity contribution in [2.45, 2.75) is 70.9 Å². The molecule has 42 heavy (non-hydrogen) atoms. The van der Waals surface area contributed by atoms with E-state index in [-0.39, 0.29) is 12.1 Å². The normalized spacial score (nSPS) is 18.5. The topological polar surface area (TPSA) is 67.2 Å². The maximum absolute atomic E-state index is 12.5. The Morgan fingerprint density at radius 2 is 1.69 bits per heavy atom. The molecule has 2 aromatic heterocycles. The zero-order valence-corrected chi connectivity index (χ0v) is 26.3. The molecule has 0 bridgehead atoms. The summed E-state index contributed by atoms with van der Waals surface area (Å²) in [7, 11) is 1.47. The number of piperazine rings is 1. The van der Waals surface area contributed by atoms with Crippen LogP contribution in [0.5, 0.6) is 0 Å². The molecule has 226 valence electrons. The van der Waals surface area contributed by atoms with E-state index in [1.165, 1.54) is 71.9 Å². The van der Waals surface area contributed by atoms with Crippen molar-refractivity contribution in [1.29, 1.82) is 0 Å². The summed E-state index contributed by atoms with van der Waals surface area (Å²) in [6.07, 6.45) is 6.04. The lowest BCUT2D eigenvalue weighted by atomic mass is 9.83. The highest BCUT2D eigenvalue weighted by Gasteiger charge is 2.32. The maximum atomic E-state index is 12.5. The number of rotatable bonds is 5. The van der Waals surface area contributed by atoms with Gasteiger partial charge in [0.1, 0.15) is 10.5 Å². The number of ether oxygens (including phenoxy) is 2. The quantitative estimate of drug-likeness (QED) is 0.312. The van der Waals surface area contributed by atoms with Gasteiger partial charge in [0.2, 0.25) is 0 Å². The van der Waals surface area contributed by atoms with E-state index in [1.807, 2.05) is 25.7 Å². The number of aromatic nitrogens is 1. The Kier molecular flexibility index (Phi) is 8.24. The summed E-state index contributed by atoms with van der Waals surface area (Å²) in [4.78, 5) is 32.6. The highest BCUT2D eigenvalue weighted by molar-refractivity contribution is 7.21. The van der Waals surface area contributed by atoms with Crippen molar-refractivity contribution in [3.8, 4) is 11.3 Å².